The number of nitrogens with zero attached hydrogens (tertiary/aromatic N) is 1. The van der Waals surface area contributed by atoms with Crippen LogP contribution in [0.4, 0.5) is 10.2 Å². The number of hydrogen-bond donors (Lipinski definition) is 2. The zero-order valence-electron chi connectivity index (χ0n) is 9.15. The van der Waals surface area contributed by atoms with Gasteiger partial charge in [0.1, 0.15) is 17.2 Å². The number of rotatable bonds is 3. The Morgan fingerprint density at radius 3 is 2.88 bits per heavy atom. The molecule has 1 aliphatic heterocycles. The molecule has 1 saturated heterocycles. The number of nitrogens with one attached hydrogen (secondary N) is 1. The highest BCUT2D eigenvalue weighted by molar-refractivity contribution is 7.99. The van der Waals surface area contributed by atoms with Crippen molar-refractivity contribution in [3.8, 4) is 0 Å². The molecule has 1 aliphatic rings. The van der Waals surface area contributed by atoms with E-state index in [1.165, 1.54) is 0 Å². The average Bonchev–Trinajstić information content (AvgIpc) is 2.32. The normalized spacial score (nSPS) is 16.8. The Morgan fingerprint density at radius 1 is 1.53 bits per heavy atom. The summed E-state index contributed by atoms with van der Waals surface area (Å²) in [5.41, 5.74) is -0.108. The van der Waals surface area contributed by atoms with Gasteiger partial charge in [0, 0.05) is 6.04 Å². The Kier molecular flexibility index (Phi) is 3.83. The number of hydrogen-bond acceptors (Lipinski definition) is 4. The number of carbonyl (C=O) groups is 1. The van der Waals surface area contributed by atoms with Crippen LogP contribution in [0.25, 0.3) is 0 Å². The van der Waals surface area contributed by atoms with Crippen LogP contribution in [-0.4, -0.2) is 33.6 Å². The van der Waals surface area contributed by atoms with Crippen molar-refractivity contribution in [1.29, 1.82) is 0 Å². The minimum absolute atomic E-state index is 0.108. The van der Waals surface area contributed by atoms with Crippen molar-refractivity contribution in [2.75, 3.05) is 16.8 Å². The van der Waals surface area contributed by atoms with Gasteiger partial charge >= 0.3 is 5.97 Å². The van der Waals surface area contributed by atoms with Crippen molar-refractivity contribution in [1.82, 2.24) is 4.98 Å². The first kappa shape index (κ1) is 12.2. The molecule has 17 heavy (non-hydrogen) atoms. The van der Waals surface area contributed by atoms with Crippen molar-refractivity contribution >= 4 is 23.5 Å². The molecule has 2 heterocycles. The number of anilines is 1. The molecule has 2 N–H and O–H groups in total. The smallest absolute Gasteiger partial charge is 0.339 e. The highest BCUT2D eigenvalue weighted by Crippen LogP contribution is 2.22. The summed E-state index contributed by atoms with van der Waals surface area (Å²) in [6, 6.07) is 1.22. The SMILES string of the molecule is O=C(O)c1cc(F)cnc1NC1CCSCC1. The lowest BCUT2D eigenvalue weighted by Crippen LogP contribution is -2.26. The summed E-state index contributed by atoms with van der Waals surface area (Å²) in [5.74, 6) is 0.579. The summed E-state index contributed by atoms with van der Waals surface area (Å²) in [5, 5.41) is 12.1. The maximum absolute atomic E-state index is 12.9. The second kappa shape index (κ2) is 5.35. The number of thioether (sulfide) groups is 1. The molecule has 0 bridgehead atoms. The van der Waals surface area contributed by atoms with Gasteiger partial charge in [0.15, 0.2) is 0 Å². The third-order valence-corrected chi connectivity index (χ3v) is 3.70. The first-order valence-electron chi connectivity index (χ1n) is 5.40. The van der Waals surface area contributed by atoms with Crippen molar-refractivity contribution in [2.24, 2.45) is 0 Å². The van der Waals surface area contributed by atoms with Gasteiger partial charge in [-0.25, -0.2) is 14.2 Å². The number of pyridine rings is 1. The van der Waals surface area contributed by atoms with E-state index >= 15 is 0 Å². The van der Waals surface area contributed by atoms with E-state index in [2.05, 4.69) is 10.3 Å². The number of aromatic nitrogens is 1. The summed E-state index contributed by atoms with van der Waals surface area (Å²) in [6.45, 7) is 0. The highest BCUT2D eigenvalue weighted by Gasteiger charge is 2.18. The summed E-state index contributed by atoms with van der Waals surface area (Å²) < 4.78 is 12.9. The van der Waals surface area contributed by atoms with Crippen LogP contribution in [-0.2, 0) is 0 Å². The van der Waals surface area contributed by atoms with Crippen LogP contribution in [0.15, 0.2) is 12.3 Å². The van der Waals surface area contributed by atoms with Gasteiger partial charge in [-0.15, -0.1) is 0 Å². The molecule has 0 radical (unpaired) electrons. The molecule has 4 nitrogen and oxygen atoms in total. The fourth-order valence-electron chi connectivity index (χ4n) is 1.75. The van der Waals surface area contributed by atoms with Gasteiger partial charge < -0.3 is 10.4 Å². The topological polar surface area (TPSA) is 62.2 Å². The Bertz CT molecular complexity index is 422. The molecule has 1 aromatic heterocycles. The minimum atomic E-state index is -1.16. The third-order valence-electron chi connectivity index (χ3n) is 2.65. The van der Waals surface area contributed by atoms with Gasteiger partial charge in [0.25, 0.3) is 0 Å². The number of carboxylic acids is 1. The predicted octanol–water partition coefficient (Wildman–Crippen LogP) is 2.23. The monoisotopic (exact) mass is 256 g/mol. The summed E-state index contributed by atoms with van der Waals surface area (Å²) in [7, 11) is 0. The van der Waals surface area contributed by atoms with Crippen molar-refractivity contribution in [3.63, 3.8) is 0 Å². The zero-order chi connectivity index (χ0) is 12.3. The molecule has 0 aliphatic carbocycles. The average molecular weight is 256 g/mol. The number of halogens is 1. The fraction of sp³-hybridized carbons (Fsp3) is 0.455. The fourth-order valence-corrected chi connectivity index (χ4v) is 2.86. The van der Waals surface area contributed by atoms with Crippen LogP contribution < -0.4 is 5.32 Å². The van der Waals surface area contributed by atoms with Crippen LogP contribution in [0.5, 0.6) is 0 Å². The van der Waals surface area contributed by atoms with Crippen molar-refractivity contribution in [2.45, 2.75) is 18.9 Å². The maximum atomic E-state index is 12.9. The van der Waals surface area contributed by atoms with Gasteiger partial charge in [0.05, 0.1) is 6.20 Å². The van der Waals surface area contributed by atoms with Gasteiger partial charge in [-0.2, -0.15) is 11.8 Å². The predicted molar refractivity (Wildman–Crippen MR) is 65.1 cm³/mol. The standard InChI is InChI=1S/C11H13FN2O2S/c12-7-5-9(11(15)16)10(13-6-7)14-8-1-3-17-4-2-8/h5-6,8H,1-4H2,(H,13,14)(H,15,16). The van der Waals surface area contributed by atoms with Gasteiger partial charge in [0.2, 0.25) is 0 Å². The lowest BCUT2D eigenvalue weighted by atomic mass is 10.1. The second-order valence-corrected chi connectivity index (χ2v) is 5.11. The Hall–Kier alpha value is -1.30. The van der Waals surface area contributed by atoms with Crippen LogP contribution in [0.1, 0.15) is 23.2 Å². The largest absolute Gasteiger partial charge is 0.478 e. The van der Waals surface area contributed by atoms with Crippen LogP contribution in [0, 0.1) is 5.82 Å². The third kappa shape index (κ3) is 3.09. The Labute approximate surface area is 103 Å². The van der Waals surface area contributed by atoms with Gasteiger partial charge in [-0.3, -0.25) is 0 Å². The molecular weight excluding hydrogens is 243 g/mol. The maximum Gasteiger partial charge on any atom is 0.339 e. The van der Waals surface area contributed by atoms with Gasteiger partial charge in [-0.1, -0.05) is 0 Å². The molecule has 1 aromatic rings. The van der Waals surface area contributed by atoms with Crippen LogP contribution in [0.2, 0.25) is 0 Å². The number of carboxylic acid groups (broad SMARTS) is 1. The van der Waals surface area contributed by atoms with Crippen molar-refractivity contribution in [3.05, 3.63) is 23.6 Å². The van der Waals surface area contributed by atoms with E-state index in [1.54, 1.807) is 0 Å². The molecule has 0 amide bonds. The molecular formula is C11H13FN2O2S. The molecule has 0 saturated carbocycles. The molecule has 2 rings (SSSR count). The van der Waals surface area contributed by atoms with E-state index in [4.69, 9.17) is 5.11 Å². The number of aromatic carboxylic acids is 1. The van der Waals surface area contributed by atoms with Crippen molar-refractivity contribution < 1.29 is 14.3 Å². The highest BCUT2D eigenvalue weighted by atomic mass is 32.2. The lowest BCUT2D eigenvalue weighted by molar-refractivity contribution is 0.0697. The van der Waals surface area contributed by atoms with E-state index in [9.17, 15) is 9.18 Å². The van der Waals surface area contributed by atoms with E-state index in [0.717, 1.165) is 36.6 Å². The molecule has 1 fully saturated rings. The Balaban J connectivity index is 2.16. The van der Waals surface area contributed by atoms with E-state index in [-0.39, 0.29) is 17.4 Å². The summed E-state index contributed by atoms with van der Waals surface area (Å²) in [4.78, 5) is 14.8. The molecule has 0 spiro atoms. The lowest BCUT2D eigenvalue weighted by Gasteiger charge is -2.23. The van der Waals surface area contributed by atoms with E-state index in [1.807, 2.05) is 11.8 Å². The quantitative estimate of drug-likeness (QED) is 0.868. The summed E-state index contributed by atoms with van der Waals surface area (Å²) in [6.07, 6.45) is 2.98. The second-order valence-electron chi connectivity index (χ2n) is 3.89. The molecule has 0 aromatic carbocycles. The summed E-state index contributed by atoms with van der Waals surface area (Å²) >= 11 is 1.89. The first-order valence-corrected chi connectivity index (χ1v) is 6.55. The van der Waals surface area contributed by atoms with E-state index in [0.29, 0.717) is 0 Å². The zero-order valence-corrected chi connectivity index (χ0v) is 9.97. The van der Waals surface area contributed by atoms with E-state index < -0.39 is 11.8 Å². The van der Waals surface area contributed by atoms with Crippen LogP contribution >= 0.6 is 11.8 Å². The minimum Gasteiger partial charge on any atom is -0.478 e. The molecule has 92 valence electrons. The first-order chi connectivity index (χ1) is 8.16. The Morgan fingerprint density at radius 2 is 2.24 bits per heavy atom. The molecule has 0 atom stereocenters. The van der Waals surface area contributed by atoms with Gasteiger partial charge in [-0.05, 0) is 30.4 Å². The molecule has 6 heteroatoms. The van der Waals surface area contributed by atoms with Crippen LogP contribution in [0.3, 0.4) is 0 Å². The molecule has 0 unspecified atom stereocenters.